The molecule has 2 aliphatic rings. The van der Waals surface area contributed by atoms with Gasteiger partial charge in [0.2, 0.25) is 5.88 Å². The average molecular weight is 370 g/mol. The van der Waals surface area contributed by atoms with Crippen molar-refractivity contribution in [2.75, 3.05) is 25.5 Å². The number of halogens is 1. The summed E-state index contributed by atoms with van der Waals surface area (Å²) in [5.74, 6) is -0.156. The lowest BCUT2D eigenvalue weighted by molar-refractivity contribution is -0.110. The molecule has 0 spiro atoms. The molecule has 4 rings (SSSR count). The molecule has 1 aromatic carbocycles. The van der Waals surface area contributed by atoms with Crippen LogP contribution in [-0.4, -0.2) is 47.8 Å². The third-order valence-electron chi connectivity index (χ3n) is 4.73. The van der Waals surface area contributed by atoms with Crippen molar-refractivity contribution in [3.8, 4) is 5.88 Å². The van der Waals surface area contributed by atoms with Gasteiger partial charge in [0.05, 0.1) is 24.9 Å². The third kappa shape index (κ3) is 3.75. The lowest BCUT2D eigenvalue weighted by atomic mass is 10.0. The number of pyridine rings is 1. The Kier molecular flexibility index (Phi) is 4.72. The minimum absolute atomic E-state index is 0.0864. The highest BCUT2D eigenvalue weighted by Crippen LogP contribution is 2.29. The third-order valence-corrected chi connectivity index (χ3v) is 4.73. The van der Waals surface area contributed by atoms with E-state index in [4.69, 9.17) is 9.57 Å². The van der Waals surface area contributed by atoms with Crippen molar-refractivity contribution < 1.29 is 18.8 Å². The summed E-state index contributed by atoms with van der Waals surface area (Å²) in [5, 5.41) is 6.78. The molecule has 8 heteroatoms. The minimum Gasteiger partial charge on any atom is -0.481 e. The zero-order valence-corrected chi connectivity index (χ0v) is 14.8. The zero-order valence-electron chi connectivity index (χ0n) is 14.8. The standard InChI is InChI=1S/C19H19FN4O3/c1-26-17-7-6-14(8-21-17)22-19(25)18-15-10-24(11-16(15)27-23-18)9-12-2-4-13(20)5-3-12/h2-8,15-16H,9-11H2,1H3,(H,22,25)/t15-,16+/m0/s1. The predicted molar refractivity (Wildman–Crippen MR) is 96.9 cm³/mol. The first-order valence-corrected chi connectivity index (χ1v) is 8.64. The number of carbonyl (C=O) groups is 1. The fourth-order valence-corrected chi connectivity index (χ4v) is 3.37. The molecular weight excluding hydrogens is 351 g/mol. The predicted octanol–water partition coefficient (Wildman–Crippen LogP) is 2.05. The van der Waals surface area contributed by atoms with E-state index in [0.29, 0.717) is 36.9 Å². The van der Waals surface area contributed by atoms with Crippen LogP contribution in [0.15, 0.2) is 47.8 Å². The lowest BCUT2D eigenvalue weighted by Crippen LogP contribution is -2.32. The molecule has 2 aliphatic heterocycles. The number of anilines is 1. The van der Waals surface area contributed by atoms with E-state index in [-0.39, 0.29) is 23.7 Å². The number of nitrogens with one attached hydrogen (secondary N) is 1. The van der Waals surface area contributed by atoms with E-state index in [1.165, 1.54) is 25.4 Å². The van der Waals surface area contributed by atoms with Gasteiger partial charge in [-0.15, -0.1) is 0 Å². The summed E-state index contributed by atoms with van der Waals surface area (Å²) in [4.78, 5) is 24.3. The molecule has 0 saturated carbocycles. The number of fused-ring (bicyclic) bond motifs is 1. The first kappa shape index (κ1) is 17.4. The van der Waals surface area contributed by atoms with Crippen molar-refractivity contribution in [1.82, 2.24) is 9.88 Å². The number of nitrogens with zero attached hydrogens (tertiary/aromatic N) is 3. The normalized spacial score (nSPS) is 21.3. The second-order valence-corrected chi connectivity index (χ2v) is 6.59. The summed E-state index contributed by atoms with van der Waals surface area (Å²) in [6.45, 7) is 2.01. The Labute approximate surface area is 155 Å². The van der Waals surface area contributed by atoms with Crippen molar-refractivity contribution in [2.24, 2.45) is 11.1 Å². The van der Waals surface area contributed by atoms with Crippen molar-refractivity contribution in [3.63, 3.8) is 0 Å². The summed E-state index contributed by atoms with van der Waals surface area (Å²) in [7, 11) is 1.53. The number of carbonyl (C=O) groups excluding carboxylic acids is 1. The second kappa shape index (κ2) is 7.32. The van der Waals surface area contributed by atoms with E-state index in [1.54, 1.807) is 24.3 Å². The molecule has 7 nitrogen and oxygen atoms in total. The van der Waals surface area contributed by atoms with E-state index in [9.17, 15) is 9.18 Å². The van der Waals surface area contributed by atoms with Gasteiger partial charge in [0.15, 0.2) is 5.71 Å². The smallest absolute Gasteiger partial charge is 0.273 e. The van der Waals surface area contributed by atoms with Crippen LogP contribution in [0.1, 0.15) is 5.56 Å². The van der Waals surface area contributed by atoms with E-state index < -0.39 is 0 Å². The van der Waals surface area contributed by atoms with Crippen LogP contribution in [0.3, 0.4) is 0 Å². The van der Waals surface area contributed by atoms with Gasteiger partial charge in [-0.2, -0.15) is 0 Å². The molecule has 0 bridgehead atoms. The second-order valence-electron chi connectivity index (χ2n) is 6.59. The number of ether oxygens (including phenoxy) is 1. The SMILES string of the molecule is COc1ccc(NC(=O)C2=NO[C@@H]3CN(Cc4ccc(F)cc4)C[C@H]23)cn1. The number of hydrogen-bond donors (Lipinski definition) is 1. The highest BCUT2D eigenvalue weighted by atomic mass is 19.1. The summed E-state index contributed by atoms with van der Waals surface area (Å²) in [6.07, 6.45) is 1.39. The quantitative estimate of drug-likeness (QED) is 0.872. The van der Waals surface area contributed by atoms with Gasteiger partial charge in [-0.25, -0.2) is 9.37 Å². The molecular formula is C19H19FN4O3. The van der Waals surface area contributed by atoms with Crippen LogP contribution in [0.2, 0.25) is 0 Å². The summed E-state index contributed by atoms with van der Waals surface area (Å²) < 4.78 is 18.0. The monoisotopic (exact) mass is 370 g/mol. The molecule has 1 fully saturated rings. The van der Waals surface area contributed by atoms with Crippen LogP contribution in [0.4, 0.5) is 10.1 Å². The Morgan fingerprint density at radius 2 is 2.11 bits per heavy atom. The van der Waals surface area contributed by atoms with Gasteiger partial charge in [0.1, 0.15) is 11.9 Å². The maximum absolute atomic E-state index is 13.0. The number of aromatic nitrogens is 1. The molecule has 3 heterocycles. The van der Waals surface area contributed by atoms with E-state index in [1.807, 2.05) is 0 Å². The molecule has 2 aromatic rings. The molecule has 27 heavy (non-hydrogen) atoms. The van der Waals surface area contributed by atoms with Gasteiger partial charge in [0.25, 0.3) is 5.91 Å². The average Bonchev–Trinajstić information content (AvgIpc) is 3.24. The number of methoxy groups -OCH3 is 1. The van der Waals surface area contributed by atoms with Crippen LogP contribution in [0.5, 0.6) is 5.88 Å². The molecule has 1 amide bonds. The molecule has 0 aliphatic carbocycles. The van der Waals surface area contributed by atoms with Crippen LogP contribution >= 0.6 is 0 Å². The summed E-state index contributed by atoms with van der Waals surface area (Å²) >= 11 is 0. The summed E-state index contributed by atoms with van der Waals surface area (Å²) in [5.41, 5.74) is 1.97. The molecule has 0 unspecified atom stereocenters. The number of benzene rings is 1. The van der Waals surface area contributed by atoms with Gasteiger partial charge < -0.3 is 14.9 Å². The van der Waals surface area contributed by atoms with Crippen LogP contribution < -0.4 is 10.1 Å². The Bertz CT molecular complexity index is 854. The van der Waals surface area contributed by atoms with Crippen molar-refractivity contribution in [3.05, 3.63) is 54.0 Å². The van der Waals surface area contributed by atoms with E-state index in [0.717, 1.165) is 5.56 Å². The van der Waals surface area contributed by atoms with Gasteiger partial charge >= 0.3 is 0 Å². The van der Waals surface area contributed by atoms with Gasteiger partial charge in [-0.05, 0) is 23.8 Å². The number of hydrogen-bond acceptors (Lipinski definition) is 6. The summed E-state index contributed by atoms with van der Waals surface area (Å²) in [6, 6.07) is 9.82. The molecule has 140 valence electrons. The molecule has 1 aromatic heterocycles. The molecule has 0 radical (unpaired) electrons. The topological polar surface area (TPSA) is 76.1 Å². The number of likely N-dealkylation sites (tertiary alicyclic amines) is 1. The van der Waals surface area contributed by atoms with Crippen LogP contribution in [0, 0.1) is 11.7 Å². The van der Waals surface area contributed by atoms with Crippen LogP contribution in [-0.2, 0) is 16.2 Å². The Morgan fingerprint density at radius 3 is 2.81 bits per heavy atom. The highest BCUT2D eigenvalue weighted by Gasteiger charge is 2.44. The molecule has 1 N–H and O–H groups in total. The Balaban J connectivity index is 1.37. The maximum atomic E-state index is 13.0. The van der Waals surface area contributed by atoms with Crippen molar-refractivity contribution in [2.45, 2.75) is 12.6 Å². The largest absolute Gasteiger partial charge is 0.481 e. The number of amides is 1. The lowest BCUT2D eigenvalue weighted by Gasteiger charge is -2.16. The van der Waals surface area contributed by atoms with E-state index in [2.05, 4.69) is 20.4 Å². The Hall–Kier alpha value is -3.00. The van der Waals surface area contributed by atoms with Crippen LogP contribution in [0.25, 0.3) is 0 Å². The Morgan fingerprint density at radius 1 is 1.30 bits per heavy atom. The molecule has 2 atom stereocenters. The highest BCUT2D eigenvalue weighted by molar-refractivity contribution is 6.44. The fourth-order valence-electron chi connectivity index (χ4n) is 3.37. The maximum Gasteiger partial charge on any atom is 0.273 e. The van der Waals surface area contributed by atoms with Gasteiger partial charge in [0, 0.05) is 25.7 Å². The first-order chi connectivity index (χ1) is 13.1. The van der Waals surface area contributed by atoms with Crippen molar-refractivity contribution >= 4 is 17.3 Å². The first-order valence-electron chi connectivity index (χ1n) is 8.64. The van der Waals surface area contributed by atoms with Gasteiger partial charge in [-0.3, -0.25) is 9.69 Å². The fraction of sp³-hybridized carbons (Fsp3) is 0.316. The van der Waals surface area contributed by atoms with Gasteiger partial charge in [-0.1, -0.05) is 17.3 Å². The number of oxime groups is 1. The number of rotatable bonds is 5. The zero-order chi connectivity index (χ0) is 18.8. The molecule has 1 saturated heterocycles. The minimum atomic E-state index is -0.293. The van der Waals surface area contributed by atoms with E-state index >= 15 is 0 Å². The van der Waals surface area contributed by atoms with Crippen molar-refractivity contribution in [1.29, 1.82) is 0 Å².